The summed E-state index contributed by atoms with van der Waals surface area (Å²) in [5.74, 6) is 0.511. The molecule has 3 rings (SSSR count). The van der Waals surface area contributed by atoms with Gasteiger partial charge in [-0.25, -0.2) is 9.97 Å². The number of halogens is 1. The Kier molecular flexibility index (Phi) is 3.01. The lowest BCUT2D eigenvalue weighted by Crippen LogP contribution is -2.06. The molecule has 0 aliphatic heterocycles. The van der Waals surface area contributed by atoms with Crippen molar-refractivity contribution in [3.05, 3.63) is 27.8 Å². The molecule has 0 radical (unpaired) electrons. The predicted octanol–water partition coefficient (Wildman–Crippen LogP) is 1.44. The van der Waals surface area contributed by atoms with Gasteiger partial charge in [-0.3, -0.25) is 0 Å². The third kappa shape index (κ3) is 2.07. The predicted molar refractivity (Wildman–Crippen MR) is 86.5 cm³/mol. The first-order chi connectivity index (χ1) is 9.56. The van der Waals surface area contributed by atoms with Gasteiger partial charge in [0.05, 0.1) is 0 Å². The molecule has 3 aromatic rings. The van der Waals surface area contributed by atoms with Gasteiger partial charge in [-0.2, -0.15) is 9.97 Å². The fraction of sp³-hybridized carbons (Fsp3) is 0. The number of anilines is 3. The van der Waals surface area contributed by atoms with Crippen LogP contribution in [0.2, 0.25) is 0 Å². The topological polar surface area (TPSA) is 130 Å². The lowest BCUT2D eigenvalue weighted by Gasteiger charge is -2.08. The zero-order valence-electron chi connectivity index (χ0n) is 10.2. The molecule has 8 heteroatoms. The molecule has 0 spiro atoms. The van der Waals surface area contributed by atoms with Crippen molar-refractivity contribution in [1.29, 1.82) is 0 Å². The van der Waals surface area contributed by atoms with Gasteiger partial charge in [-0.05, 0) is 28.7 Å². The van der Waals surface area contributed by atoms with Gasteiger partial charge < -0.3 is 17.2 Å². The minimum absolute atomic E-state index is 0.0470. The number of fused-ring (bicyclic) bond motifs is 1. The lowest BCUT2D eigenvalue weighted by atomic mass is 10.1. The first-order valence-corrected chi connectivity index (χ1v) is 6.75. The van der Waals surface area contributed by atoms with Gasteiger partial charge in [0, 0.05) is 9.13 Å². The molecule has 0 saturated heterocycles. The molecule has 7 nitrogen and oxygen atoms in total. The summed E-state index contributed by atoms with van der Waals surface area (Å²) >= 11 is 2.21. The second-order valence-electron chi connectivity index (χ2n) is 4.08. The Morgan fingerprint density at radius 1 is 0.850 bits per heavy atom. The van der Waals surface area contributed by atoms with E-state index < -0.39 is 0 Å². The molecule has 0 saturated carbocycles. The number of nitrogens with zero attached hydrogens (tertiary/aromatic N) is 4. The maximum atomic E-state index is 5.97. The third-order valence-corrected chi connectivity index (χ3v) is 3.67. The van der Waals surface area contributed by atoms with Crippen LogP contribution in [0, 0.1) is 3.57 Å². The summed E-state index contributed by atoms with van der Waals surface area (Å²) in [6, 6.07) is 7.73. The maximum absolute atomic E-state index is 5.97. The second kappa shape index (κ2) is 4.71. The Morgan fingerprint density at radius 2 is 1.60 bits per heavy atom. The van der Waals surface area contributed by atoms with Crippen LogP contribution < -0.4 is 17.2 Å². The Bertz CT molecular complexity index is 818. The van der Waals surface area contributed by atoms with Crippen LogP contribution in [-0.2, 0) is 0 Å². The molecule has 6 N–H and O–H groups in total. The Hall–Kier alpha value is -2.23. The molecule has 0 aliphatic carbocycles. The molecule has 2 aromatic heterocycles. The van der Waals surface area contributed by atoms with Crippen LogP contribution in [0.4, 0.5) is 17.6 Å². The van der Waals surface area contributed by atoms with Crippen LogP contribution in [0.25, 0.3) is 22.4 Å². The van der Waals surface area contributed by atoms with Crippen LogP contribution in [0.3, 0.4) is 0 Å². The van der Waals surface area contributed by atoms with Crippen LogP contribution in [0.1, 0.15) is 0 Å². The van der Waals surface area contributed by atoms with Gasteiger partial charge in [0.2, 0.25) is 5.95 Å². The molecule has 0 aliphatic rings. The zero-order chi connectivity index (χ0) is 14.3. The van der Waals surface area contributed by atoms with Crippen LogP contribution in [0.5, 0.6) is 0 Å². The normalized spacial score (nSPS) is 10.8. The van der Waals surface area contributed by atoms with E-state index in [1.807, 2.05) is 24.3 Å². The monoisotopic (exact) mass is 379 g/mol. The van der Waals surface area contributed by atoms with E-state index in [0.717, 1.165) is 9.13 Å². The fourth-order valence-electron chi connectivity index (χ4n) is 1.85. The number of aromatic nitrogens is 4. The quantitative estimate of drug-likeness (QED) is 0.546. The first-order valence-electron chi connectivity index (χ1n) is 5.67. The van der Waals surface area contributed by atoms with Crippen molar-refractivity contribution in [2.45, 2.75) is 0 Å². The molecule has 0 unspecified atom stereocenters. The highest BCUT2D eigenvalue weighted by Crippen LogP contribution is 2.29. The van der Waals surface area contributed by atoms with Crippen molar-refractivity contribution in [2.24, 2.45) is 0 Å². The minimum atomic E-state index is 0.0470. The minimum Gasteiger partial charge on any atom is -0.382 e. The molecular formula is C12H10IN7. The molecule has 0 amide bonds. The van der Waals surface area contributed by atoms with Crippen molar-refractivity contribution in [3.8, 4) is 11.3 Å². The summed E-state index contributed by atoms with van der Waals surface area (Å²) in [4.78, 5) is 16.5. The largest absolute Gasteiger partial charge is 0.382 e. The highest BCUT2D eigenvalue weighted by molar-refractivity contribution is 14.1. The van der Waals surface area contributed by atoms with Crippen molar-refractivity contribution in [3.63, 3.8) is 0 Å². The number of nitrogen functional groups attached to an aromatic ring is 3. The van der Waals surface area contributed by atoms with E-state index in [9.17, 15) is 0 Å². The summed E-state index contributed by atoms with van der Waals surface area (Å²) in [5, 5.41) is 0. The van der Waals surface area contributed by atoms with Crippen molar-refractivity contribution in [2.75, 3.05) is 17.2 Å². The summed E-state index contributed by atoms with van der Waals surface area (Å²) < 4.78 is 1.01. The average Bonchev–Trinajstić information content (AvgIpc) is 2.39. The number of hydrogen-bond acceptors (Lipinski definition) is 7. The van der Waals surface area contributed by atoms with Crippen molar-refractivity contribution in [1.82, 2.24) is 19.9 Å². The van der Waals surface area contributed by atoms with E-state index in [0.29, 0.717) is 16.9 Å². The van der Waals surface area contributed by atoms with Gasteiger partial charge >= 0.3 is 0 Å². The summed E-state index contributed by atoms with van der Waals surface area (Å²) in [5.41, 5.74) is 19.4. The highest BCUT2D eigenvalue weighted by Gasteiger charge is 2.14. The average molecular weight is 379 g/mol. The molecule has 100 valence electrons. The van der Waals surface area contributed by atoms with Gasteiger partial charge in [0.15, 0.2) is 22.8 Å². The van der Waals surface area contributed by atoms with Crippen LogP contribution in [-0.4, -0.2) is 19.9 Å². The molecule has 0 atom stereocenters. The molecular weight excluding hydrogens is 369 g/mol. The van der Waals surface area contributed by atoms with E-state index in [-0.39, 0.29) is 17.6 Å². The van der Waals surface area contributed by atoms with E-state index in [1.54, 1.807) is 0 Å². The van der Waals surface area contributed by atoms with E-state index in [4.69, 9.17) is 17.2 Å². The van der Waals surface area contributed by atoms with Crippen LogP contribution in [0.15, 0.2) is 24.3 Å². The third-order valence-electron chi connectivity index (χ3n) is 2.73. The Morgan fingerprint density at radius 3 is 2.35 bits per heavy atom. The van der Waals surface area contributed by atoms with E-state index in [1.165, 1.54) is 0 Å². The number of benzene rings is 1. The van der Waals surface area contributed by atoms with Gasteiger partial charge in [-0.1, -0.05) is 18.2 Å². The first kappa shape index (κ1) is 12.8. The highest BCUT2D eigenvalue weighted by atomic mass is 127. The van der Waals surface area contributed by atoms with Gasteiger partial charge in [0.25, 0.3) is 0 Å². The van der Waals surface area contributed by atoms with Crippen molar-refractivity contribution >= 4 is 51.3 Å². The smallest absolute Gasteiger partial charge is 0.224 e. The molecule has 2 heterocycles. The second-order valence-corrected chi connectivity index (χ2v) is 5.24. The lowest BCUT2D eigenvalue weighted by molar-refractivity contribution is 1.17. The molecule has 1 aromatic carbocycles. The number of rotatable bonds is 1. The summed E-state index contributed by atoms with van der Waals surface area (Å²) in [6.45, 7) is 0. The molecule has 0 bridgehead atoms. The SMILES string of the molecule is Nc1nc(N)c2nc(-c3ccccc3I)c(N)nc2n1. The molecule has 20 heavy (non-hydrogen) atoms. The summed E-state index contributed by atoms with van der Waals surface area (Å²) in [6.07, 6.45) is 0. The zero-order valence-corrected chi connectivity index (χ0v) is 12.4. The van der Waals surface area contributed by atoms with Crippen LogP contribution >= 0.6 is 22.6 Å². The van der Waals surface area contributed by atoms with Crippen molar-refractivity contribution < 1.29 is 0 Å². The van der Waals surface area contributed by atoms with E-state index >= 15 is 0 Å². The maximum Gasteiger partial charge on any atom is 0.224 e. The Labute approximate surface area is 127 Å². The number of nitrogens with two attached hydrogens (primary N) is 3. The molecule has 0 fully saturated rings. The fourth-order valence-corrected chi connectivity index (χ4v) is 2.49. The standard InChI is InChI=1S/C12H10IN7/c13-6-4-2-1-3-5(6)7-9(14)18-11-8(17-7)10(15)19-12(16)20-11/h1-4H,(H6,14,15,16,18,19,20). The summed E-state index contributed by atoms with van der Waals surface area (Å²) in [7, 11) is 0. The number of hydrogen-bond donors (Lipinski definition) is 3. The Balaban J connectivity index is 2.33. The van der Waals surface area contributed by atoms with E-state index in [2.05, 4.69) is 42.5 Å². The van der Waals surface area contributed by atoms with Gasteiger partial charge in [0.1, 0.15) is 5.69 Å². The van der Waals surface area contributed by atoms with Gasteiger partial charge in [-0.15, -0.1) is 0 Å².